The van der Waals surface area contributed by atoms with Crippen molar-refractivity contribution in [1.29, 1.82) is 0 Å². The van der Waals surface area contributed by atoms with Gasteiger partial charge in [0.1, 0.15) is 23.4 Å². The van der Waals surface area contributed by atoms with Crippen LogP contribution in [0.1, 0.15) is 17.4 Å². The van der Waals surface area contributed by atoms with Gasteiger partial charge in [-0.25, -0.2) is 4.68 Å². The van der Waals surface area contributed by atoms with E-state index in [9.17, 15) is 4.79 Å². The molecular formula is C25H23N5O3S. The van der Waals surface area contributed by atoms with Crippen molar-refractivity contribution in [3.8, 4) is 11.5 Å². The number of para-hydroxylation sites is 1. The van der Waals surface area contributed by atoms with E-state index >= 15 is 0 Å². The number of benzene rings is 3. The van der Waals surface area contributed by atoms with Gasteiger partial charge in [-0.15, -0.1) is 10.2 Å². The zero-order chi connectivity index (χ0) is 23.3. The van der Waals surface area contributed by atoms with Gasteiger partial charge in [-0.1, -0.05) is 60.3 Å². The summed E-state index contributed by atoms with van der Waals surface area (Å²) in [6.07, 6.45) is 0. The number of fused-ring (bicyclic) bond motifs is 1. The summed E-state index contributed by atoms with van der Waals surface area (Å²) in [4.78, 5) is 13.3. The lowest BCUT2D eigenvalue weighted by atomic mass is 10.0. The van der Waals surface area contributed by atoms with Crippen LogP contribution in [0.15, 0.2) is 90.1 Å². The van der Waals surface area contributed by atoms with Gasteiger partial charge in [-0.2, -0.15) is 0 Å². The van der Waals surface area contributed by atoms with E-state index in [0.717, 1.165) is 17.1 Å². The molecule has 34 heavy (non-hydrogen) atoms. The Morgan fingerprint density at radius 1 is 0.971 bits per heavy atom. The number of nitrogens with one attached hydrogen (secondary N) is 2. The molecule has 5 rings (SSSR count). The number of ether oxygens (including phenoxy) is 2. The Labute approximate surface area is 201 Å². The highest BCUT2D eigenvalue weighted by atomic mass is 32.2. The molecule has 172 valence electrons. The Hall–Kier alpha value is -3.98. The molecule has 8 nitrogen and oxygen atoms in total. The molecule has 9 heteroatoms. The average Bonchev–Trinajstić information content (AvgIpc) is 3.30. The average molecular weight is 474 g/mol. The molecule has 2 atom stereocenters. The molecule has 1 aliphatic heterocycles. The van der Waals surface area contributed by atoms with Gasteiger partial charge in [-0.05, 0) is 42.0 Å². The van der Waals surface area contributed by atoms with Crippen LogP contribution in [0.2, 0.25) is 0 Å². The highest BCUT2D eigenvalue weighted by Crippen LogP contribution is 2.37. The number of aromatic nitrogens is 3. The maximum absolute atomic E-state index is 13.3. The highest BCUT2D eigenvalue weighted by Gasteiger charge is 2.37. The van der Waals surface area contributed by atoms with Crippen LogP contribution in [0.3, 0.4) is 0 Å². The predicted octanol–water partition coefficient (Wildman–Crippen LogP) is 4.26. The van der Waals surface area contributed by atoms with E-state index in [0.29, 0.717) is 16.7 Å². The Balaban J connectivity index is 1.39. The summed E-state index contributed by atoms with van der Waals surface area (Å²) in [6, 6.07) is 26.4. The van der Waals surface area contributed by atoms with Gasteiger partial charge < -0.3 is 20.2 Å². The van der Waals surface area contributed by atoms with E-state index in [1.54, 1.807) is 7.11 Å². The second kappa shape index (κ2) is 9.88. The number of anilines is 1. The molecule has 0 unspecified atom stereocenters. The SMILES string of the molecule is COc1ccc(NC(=O)[C@H]2Sc3nnc(COc4ccccc4)n3N[C@H]2c2ccccc2)cc1. The molecule has 0 radical (unpaired) electrons. The predicted molar refractivity (Wildman–Crippen MR) is 131 cm³/mol. The fourth-order valence-corrected chi connectivity index (χ4v) is 4.75. The third kappa shape index (κ3) is 4.69. The van der Waals surface area contributed by atoms with E-state index in [2.05, 4.69) is 20.9 Å². The van der Waals surface area contributed by atoms with Gasteiger partial charge in [0, 0.05) is 5.69 Å². The summed E-state index contributed by atoms with van der Waals surface area (Å²) in [7, 11) is 1.61. The van der Waals surface area contributed by atoms with E-state index in [1.165, 1.54) is 11.8 Å². The lowest BCUT2D eigenvalue weighted by molar-refractivity contribution is -0.116. The van der Waals surface area contributed by atoms with Crippen molar-refractivity contribution >= 4 is 23.4 Å². The van der Waals surface area contributed by atoms with Gasteiger partial charge in [0.25, 0.3) is 0 Å². The van der Waals surface area contributed by atoms with Gasteiger partial charge >= 0.3 is 0 Å². The number of hydrogen-bond acceptors (Lipinski definition) is 7. The number of rotatable bonds is 7. The lowest BCUT2D eigenvalue weighted by Crippen LogP contribution is -2.41. The number of carbonyl (C=O) groups excluding carboxylic acids is 1. The van der Waals surface area contributed by atoms with Crippen LogP contribution in [0.5, 0.6) is 11.5 Å². The monoisotopic (exact) mass is 473 g/mol. The molecule has 0 saturated heterocycles. The van der Waals surface area contributed by atoms with Gasteiger partial charge in [0.15, 0.2) is 5.82 Å². The van der Waals surface area contributed by atoms with Crippen molar-refractivity contribution in [1.82, 2.24) is 14.9 Å². The Kier molecular flexibility index (Phi) is 6.35. The fourth-order valence-electron chi connectivity index (χ4n) is 3.66. The minimum Gasteiger partial charge on any atom is -0.497 e. The molecule has 2 heterocycles. The molecular weight excluding hydrogens is 450 g/mol. The number of nitrogens with zero attached hydrogens (tertiary/aromatic N) is 3. The number of thioether (sulfide) groups is 1. The summed E-state index contributed by atoms with van der Waals surface area (Å²) in [6.45, 7) is 0.245. The molecule has 1 amide bonds. The molecule has 0 aliphatic carbocycles. The molecule has 1 aliphatic rings. The molecule has 0 fully saturated rings. The Morgan fingerprint density at radius 3 is 2.38 bits per heavy atom. The van der Waals surface area contributed by atoms with Gasteiger partial charge in [-0.3, -0.25) is 4.79 Å². The van der Waals surface area contributed by atoms with Crippen LogP contribution in [-0.2, 0) is 11.4 Å². The van der Waals surface area contributed by atoms with Crippen molar-refractivity contribution in [2.45, 2.75) is 23.1 Å². The minimum atomic E-state index is -0.468. The molecule has 3 aromatic carbocycles. The molecule has 4 aromatic rings. The molecule has 0 spiro atoms. The fraction of sp³-hybridized carbons (Fsp3) is 0.160. The normalized spacial score (nSPS) is 16.7. The first-order valence-electron chi connectivity index (χ1n) is 10.8. The summed E-state index contributed by atoms with van der Waals surface area (Å²) < 4.78 is 12.9. The highest BCUT2D eigenvalue weighted by molar-refractivity contribution is 8.00. The maximum atomic E-state index is 13.3. The van der Waals surface area contributed by atoms with Crippen LogP contribution in [0.25, 0.3) is 0 Å². The topological polar surface area (TPSA) is 90.3 Å². The van der Waals surface area contributed by atoms with Gasteiger partial charge in [0.2, 0.25) is 11.1 Å². The molecule has 2 N–H and O–H groups in total. The number of methoxy groups -OCH3 is 1. The first-order valence-corrected chi connectivity index (χ1v) is 11.6. The molecule has 1 aromatic heterocycles. The first-order chi connectivity index (χ1) is 16.7. The van der Waals surface area contributed by atoms with Crippen LogP contribution in [-0.4, -0.2) is 33.1 Å². The van der Waals surface area contributed by atoms with Crippen molar-refractivity contribution in [3.05, 3.63) is 96.3 Å². The first kappa shape index (κ1) is 21.8. The third-order valence-electron chi connectivity index (χ3n) is 5.39. The minimum absolute atomic E-state index is 0.132. The van der Waals surface area contributed by atoms with E-state index in [1.807, 2.05) is 89.6 Å². The van der Waals surface area contributed by atoms with Crippen molar-refractivity contribution in [2.75, 3.05) is 17.9 Å². The Bertz CT molecular complexity index is 1250. The van der Waals surface area contributed by atoms with Gasteiger partial charge in [0.05, 0.1) is 13.2 Å². The molecule has 0 bridgehead atoms. The van der Waals surface area contributed by atoms with Crippen LogP contribution >= 0.6 is 11.8 Å². The summed E-state index contributed by atoms with van der Waals surface area (Å²) in [5.41, 5.74) is 5.12. The maximum Gasteiger partial charge on any atom is 0.240 e. The largest absolute Gasteiger partial charge is 0.497 e. The zero-order valence-electron chi connectivity index (χ0n) is 18.4. The lowest BCUT2D eigenvalue weighted by Gasteiger charge is -2.33. The number of carbonyl (C=O) groups is 1. The van der Waals surface area contributed by atoms with E-state index in [4.69, 9.17) is 9.47 Å². The smallest absolute Gasteiger partial charge is 0.240 e. The van der Waals surface area contributed by atoms with Crippen molar-refractivity contribution in [2.24, 2.45) is 0 Å². The zero-order valence-corrected chi connectivity index (χ0v) is 19.2. The standard InChI is InChI=1S/C25H23N5O3S/c1-32-19-14-12-18(13-15-19)26-24(31)23-22(17-8-4-2-5-9-17)29-30-21(27-28-25(30)34-23)16-33-20-10-6-3-7-11-20/h2-15,22-23,29H,16H2,1H3,(H,26,31)/t22-,23-/m0/s1. The second-order valence-corrected chi connectivity index (χ2v) is 8.72. The van der Waals surface area contributed by atoms with Crippen molar-refractivity contribution < 1.29 is 14.3 Å². The number of amides is 1. The quantitative estimate of drug-likeness (QED) is 0.414. The summed E-state index contributed by atoms with van der Waals surface area (Å²) >= 11 is 1.37. The second-order valence-electron chi connectivity index (χ2n) is 7.61. The van der Waals surface area contributed by atoms with E-state index in [-0.39, 0.29) is 18.6 Å². The summed E-state index contributed by atoms with van der Waals surface area (Å²) in [5, 5.41) is 11.7. The van der Waals surface area contributed by atoms with E-state index < -0.39 is 5.25 Å². The summed E-state index contributed by atoms with van der Waals surface area (Å²) in [5.74, 6) is 1.97. The van der Waals surface area contributed by atoms with Crippen LogP contribution < -0.4 is 20.2 Å². The van der Waals surface area contributed by atoms with Crippen molar-refractivity contribution in [3.63, 3.8) is 0 Å². The third-order valence-corrected chi connectivity index (χ3v) is 6.60. The molecule has 0 saturated carbocycles. The Morgan fingerprint density at radius 2 is 1.68 bits per heavy atom. The number of hydrogen-bond donors (Lipinski definition) is 2. The van der Waals surface area contributed by atoms with Crippen LogP contribution in [0, 0.1) is 0 Å². The van der Waals surface area contributed by atoms with Crippen LogP contribution in [0.4, 0.5) is 5.69 Å².